The summed E-state index contributed by atoms with van der Waals surface area (Å²) in [7, 11) is 0. The summed E-state index contributed by atoms with van der Waals surface area (Å²) in [6.07, 6.45) is 2.31. The van der Waals surface area contributed by atoms with Crippen LogP contribution in [-0.2, 0) is 9.53 Å². The molecule has 1 spiro atoms. The number of carbonyl (C=O) groups is 2. The van der Waals surface area contributed by atoms with Gasteiger partial charge >= 0.3 is 6.09 Å². The van der Waals surface area contributed by atoms with Gasteiger partial charge in [-0.15, -0.1) is 0 Å². The zero-order valence-corrected chi connectivity index (χ0v) is 13.4. The van der Waals surface area contributed by atoms with Crippen molar-refractivity contribution in [3.05, 3.63) is 0 Å². The summed E-state index contributed by atoms with van der Waals surface area (Å²) in [5, 5.41) is 0. The lowest BCUT2D eigenvalue weighted by Gasteiger charge is -2.44. The highest BCUT2D eigenvalue weighted by Gasteiger charge is 2.52. The molecule has 0 aromatic rings. The number of hydrogen-bond donors (Lipinski definition) is 0. The van der Waals surface area contributed by atoms with Crippen molar-refractivity contribution in [2.75, 3.05) is 13.1 Å². The van der Waals surface area contributed by atoms with Gasteiger partial charge in [-0.05, 0) is 44.9 Å². The van der Waals surface area contributed by atoms with Crippen molar-refractivity contribution in [2.45, 2.75) is 59.5 Å². The molecule has 0 radical (unpaired) electrons. The Hall–Kier alpha value is -1.06. The highest BCUT2D eigenvalue weighted by Crippen LogP contribution is 2.52. The number of carbonyl (C=O) groups excluding carboxylic acids is 2. The summed E-state index contributed by atoms with van der Waals surface area (Å²) >= 11 is 0. The van der Waals surface area contributed by atoms with Crippen molar-refractivity contribution < 1.29 is 14.3 Å². The molecule has 4 heteroatoms. The number of rotatable bonds is 0. The minimum Gasteiger partial charge on any atom is -0.444 e. The van der Waals surface area contributed by atoms with Crippen LogP contribution in [0.3, 0.4) is 0 Å². The predicted octanol–water partition coefficient (Wildman–Crippen LogP) is 3.25. The number of ketones is 1. The van der Waals surface area contributed by atoms with Crippen LogP contribution in [0, 0.1) is 17.3 Å². The largest absolute Gasteiger partial charge is 0.444 e. The third kappa shape index (κ3) is 2.70. The van der Waals surface area contributed by atoms with Crippen molar-refractivity contribution in [3.8, 4) is 0 Å². The summed E-state index contributed by atoms with van der Waals surface area (Å²) in [5.41, 5.74) is -0.342. The number of likely N-dealkylation sites (tertiary alicyclic amines) is 1. The Labute approximate surface area is 121 Å². The van der Waals surface area contributed by atoms with E-state index >= 15 is 0 Å². The van der Waals surface area contributed by atoms with Crippen molar-refractivity contribution in [1.82, 2.24) is 4.90 Å². The molecule has 0 bridgehead atoms. The number of amides is 1. The lowest BCUT2D eigenvalue weighted by atomic mass is 9.67. The van der Waals surface area contributed by atoms with Gasteiger partial charge in [-0.25, -0.2) is 4.79 Å². The van der Waals surface area contributed by atoms with E-state index in [1.807, 2.05) is 20.8 Å². The third-order valence-electron chi connectivity index (χ3n) is 5.18. The van der Waals surface area contributed by atoms with Crippen LogP contribution in [0.2, 0.25) is 0 Å². The van der Waals surface area contributed by atoms with Crippen LogP contribution in [0.25, 0.3) is 0 Å². The SMILES string of the molecule is CC1CC(=O)C(C)C12CCN(C(=O)OC(C)(C)C)CC2. The first-order valence-corrected chi connectivity index (χ1v) is 7.66. The van der Waals surface area contributed by atoms with Crippen LogP contribution < -0.4 is 0 Å². The normalized spacial score (nSPS) is 29.9. The quantitative estimate of drug-likeness (QED) is 0.684. The molecule has 1 heterocycles. The molecule has 2 fully saturated rings. The Morgan fingerprint density at radius 3 is 2.20 bits per heavy atom. The van der Waals surface area contributed by atoms with Gasteiger partial charge in [0, 0.05) is 25.4 Å². The Morgan fingerprint density at radius 1 is 1.25 bits per heavy atom. The third-order valence-corrected chi connectivity index (χ3v) is 5.18. The maximum absolute atomic E-state index is 12.1. The van der Waals surface area contributed by atoms with Gasteiger partial charge in [-0.3, -0.25) is 4.79 Å². The molecule has 1 aliphatic heterocycles. The second kappa shape index (κ2) is 5.05. The Kier molecular flexibility index (Phi) is 3.87. The molecular formula is C16H27NO3. The van der Waals surface area contributed by atoms with Gasteiger partial charge in [0.1, 0.15) is 11.4 Å². The smallest absolute Gasteiger partial charge is 0.410 e. The summed E-state index contributed by atoms with van der Waals surface area (Å²) < 4.78 is 5.42. The number of piperidine rings is 1. The minimum absolute atomic E-state index is 0.107. The van der Waals surface area contributed by atoms with Crippen molar-refractivity contribution in [1.29, 1.82) is 0 Å². The molecule has 1 saturated heterocycles. The minimum atomic E-state index is -0.448. The van der Waals surface area contributed by atoms with E-state index in [0.29, 0.717) is 31.2 Å². The standard InChI is InChI=1S/C16H27NO3/c1-11-10-13(18)12(2)16(11)6-8-17(9-7-16)14(19)20-15(3,4)5/h11-12H,6-10H2,1-5H3. The Balaban J connectivity index is 1.99. The maximum atomic E-state index is 12.1. The first-order valence-electron chi connectivity index (χ1n) is 7.66. The summed E-state index contributed by atoms with van der Waals surface area (Å²) in [5.74, 6) is 0.965. The van der Waals surface area contributed by atoms with Crippen LogP contribution in [-0.4, -0.2) is 35.5 Å². The molecule has 2 rings (SSSR count). The second-order valence-corrected chi connectivity index (χ2v) is 7.49. The monoisotopic (exact) mass is 281 g/mol. The van der Waals surface area contributed by atoms with E-state index in [-0.39, 0.29) is 17.4 Å². The highest BCUT2D eigenvalue weighted by molar-refractivity contribution is 5.84. The molecule has 114 valence electrons. The zero-order valence-electron chi connectivity index (χ0n) is 13.4. The fourth-order valence-corrected chi connectivity index (χ4v) is 3.79. The van der Waals surface area contributed by atoms with Gasteiger partial charge in [0.15, 0.2) is 0 Å². The van der Waals surface area contributed by atoms with Crippen molar-refractivity contribution in [2.24, 2.45) is 17.3 Å². The van der Waals surface area contributed by atoms with E-state index in [9.17, 15) is 9.59 Å². The van der Waals surface area contributed by atoms with Crippen LogP contribution in [0.15, 0.2) is 0 Å². The van der Waals surface area contributed by atoms with Crippen molar-refractivity contribution in [3.63, 3.8) is 0 Å². The lowest BCUT2D eigenvalue weighted by Crippen LogP contribution is -2.48. The molecule has 2 atom stereocenters. The molecule has 1 saturated carbocycles. The summed E-state index contributed by atoms with van der Waals surface area (Å²) in [4.78, 5) is 25.8. The van der Waals surface area contributed by atoms with E-state index in [1.54, 1.807) is 4.90 Å². The fraction of sp³-hybridized carbons (Fsp3) is 0.875. The zero-order chi connectivity index (χ0) is 15.1. The van der Waals surface area contributed by atoms with Crippen molar-refractivity contribution >= 4 is 11.9 Å². The highest BCUT2D eigenvalue weighted by atomic mass is 16.6. The number of Topliss-reactive ketones (excluding diaryl/α,β-unsaturated/α-hetero) is 1. The van der Waals surface area contributed by atoms with Crippen LogP contribution in [0.4, 0.5) is 4.79 Å². The maximum Gasteiger partial charge on any atom is 0.410 e. The van der Waals surface area contributed by atoms with E-state index in [0.717, 1.165) is 12.8 Å². The number of nitrogens with zero attached hydrogens (tertiary/aromatic N) is 1. The van der Waals surface area contributed by atoms with E-state index in [2.05, 4.69) is 13.8 Å². The Morgan fingerprint density at radius 2 is 1.80 bits per heavy atom. The second-order valence-electron chi connectivity index (χ2n) is 7.49. The predicted molar refractivity (Wildman–Crippen MR) is 77.4 cm³/mol. The lowest BCUT2D eigenvalue weighted by molar-refractivity contribution is -0.122. The molecule has 0 aromatic carbocycles. The Bertz CT molecular complexity index is 402. The molecule has 2 aliphatic rings. The average Bonchev–Trinajstić information content (AvgIpc) is 2.53. The topological polar surface area (TPSA) is 46.6 Å². The molecule has 20 heavy (non-hydrogen) atoms. The van der Waals surface area contributed by atoms with E-state index in [1.165, 1.54) is 0 Å². The molecular weight excluding hydrogens is 254 g/mol. The van der Waals surface area contributed by atoms with Gasteiger partial charge in [-0.2, -0.15) is 0 Å². The first kappa shape index (κ1) is 15.3. The fourth-order valence-electron chi connectivity index (χ4n) is 3.79. The molecule has 4 nitrogen and oxygen atoms in total. The number of hydrogen-bond acceptors (Lipinski definition) is 3. The van der Waals surface area contributed by atoms with Crippen LogP contribution in [0.5, 0.6) is 0 Å². The van der Waals surface area contributed by atoms with Gasteiger partial charge in [0.2, 0.25) is 0 Å². The molecule has 0 N–H and O–H groups in total. The molecule has 1 amide bonds. The first-order chi connectivity index (χ1) is 9.16. The average molecular weight is 281 g/mol. The number of ether oxygens (including phenoxy) is 1. The van der Waals surface area contributed by atoms with E-state index < -0.39 is 5.60 Å². The van der Waals surface area contributed by atoms with Crippen LogP contribution in [0.1, 0.15) is 53.9 Å². The summed E-state index contributed by atoms with van der Waals surface area (Å²) in [6.45, 7) is 11.3. The molecule has 1 aliphatic carbocycles. The van der Waals surface area contributed by atoms with Gasteiger partial charge in [0.05, 0.1) is 0 Å². The van der Waals surface area contributed by atoms with Gasteiger partial charge in [0.25, 0.3) is 0 Å². The molecule has 2 unspecified atom stereocenters. The van der Waals surface area contributed by atoms with Gasteiger partial charge < -0.3 is 9.64 Å². The van der Waals surface area contributed by atoms with E-state index in [4.69, 9.17) is 4.74 Å². The molecule has 0 aromatic heterocycles. The van der Waals surface area contributed by atoms with Gasteiger partial charge in [-0.1, -0.05) is 13.8 Å². The van der Waals surface area contributed by atoms with Crippen LogP contribution >= 0.6 is 0 Å². The summed E-state index contributed by atoms with van der Waals surface area (Å²) in [6, 6.07) is 0.